The molecule has 5 nitrogen and oxygen atoms in total. The maximum atomic E-state index is 5.69. The summed E-state index contributed by atoms with van der Waals surface area (Å²) in [5, 5.41) is 11.7. The Bertz CT molecular complexity index is 286. The number of hydrogen-bond donors (Lipinski definition) is 1. The Morgan fingerprint density at radius 2 is 2.31 bits per heavy atom. The first-order valence-electron chi connectivity index (χ1n) is 5.82. The summed E-state index contributed by atoms with van der Waals surface area (Å²) in [7, 11) is 0. The Kier molecular flexibility index (Phi) is 6.40. The summed E-state index contributed by atoms with van der Waals surface area (Å²) >= 11 is 1.84. The minimum atomic E-state index is 0.281. The molecule has 1 aromatic rings. The van der Waals surface area contributed by atoms with Gasteiger partial charge in [-0.2, -0.15) is 11.8 Å². The summed E-state index contributed by atoms with van der Waals surface area (Å²) in [5.41, 5.74) is 5.69. The van der Waals surface area contributed by atoms with Crippen molar-refractivity contribution in [1.29, 1.82) is 0 Å². The predicted octanol–water partition coefficient (Wildman–Crippen LogP) is 1.44. The molecule has 0 amide bonds. The molecule has 1 unspecified atom stereocenters. The van der Waals surface area contributed by atoms with Gasteiger partial charge in [-0.3, -0.25) is 0 Å². The van der Waals surface area contributed by atoms with E-state index in [2.05, 4.69) is 22.4 Å². The van der Waals surface area contributed by atoms with Crippen LogP contribution in [0.3, 0.4) is 0 Å². The second kappa shape index (κ2) is 7.62. The van der Waals surface area contributed by atoms with Crippen LogP contribution in [0.4, 0.5) is 0 Å². The van der Waals surface area contributed by atoms with Crippen LogP contribution in [0.25, 0.3) is 0 Å². The quantitative estimate of drug-likeness (QED) is 0.700. The standard InChI is InChI=1S/C10H21N5S/c1-3-4-6-15-10(12-13-14-15)8-16-7-5-9(2)11/h9H,3-8,11H2,1-2H3. The average molecular weight is 243 g/mol. The molecule has 0 saturated heterocycles. The van der Waals surface area contributed by atoms with E-state index in [9.17, 15) is 0 Å². The molecule has 2 N–H and O–H groups in total. The van der Waals surface area contributed by atoms with Gasteiger partial charge in [0.1, 0.15) is 0 Å². The highest BCUT2D eigenvalue weighted by molar-refractivity contribution is 7.98. The highest BCUT2D eigenvalue weighted by Crippen LogP contribution is 2.11. The number of aryl methyl sites for hydroxylation is 1. The summed E-state index contributed by atoms with van der Waals surface area (Å²) in [5.74, 6) is 2.92. The first-order valence-corrected chi connectivity index (χ1v) is 6.98. The topological polar surface area (TPSA) is 69.6 Å². The van der Waals surface area contributed by atoms with E-state index in [1.165, 1.54) is 0 Å². The van der Waals surface area contributed by atoms with Crippen LogP contribution in [0, 0.1) is 0 Å². The van der Waals surface area contributed by atoms with Crippen molar-refractivity contribution in [2.45, 2.75) is 51.4 Å². The smallest absolute Gasteiger partial charge is 0.161 e. The van der Waals surface area contributed by atoms with E-state index in [0.717, 1.165) is 43.1 Å². The molecule has 0 fully saturated rings. The third-order valence-corrected chi connectivity index (χ3v) is 3.26. The number of unbranched alkanes of at least 4 members (excludes halogenated alkanes) is 1. The molecule has 0 aliphatic carbocycles. The van der Waals surface area contributed by atoms with Gasteiger partial charge in [0, 0.05) is 12.6 Å². The summed E-state index contributed by atoms with van der Waals surface area (Å²) < 4.78 is 1.91. The number of aromatic nitrogens is 4. The largest absolute Gasteiger partial charge is 0.328 e. The normalized spacial score (nSPS) is 12.9. The Hall–Kier alpha value is -0.620. The number of nitrogens with two attached hydrogens (primary N) is 1. The van der Waals surface area contributed by atoms with Gasteiger partial charge in [0.2, 0.25) is 0 Å². The van der Waals surface area contributed by atoms with Crippen molar-refractivity contribution in [3.63, 3.8) is 0 Å². The van der Waals surface area contributed by atoms with Gasteiger partial charge in [-0.15, -0.1) is 5.10 Å². The molecule has 0 aliphatic heterocycles. The highest BCUT2D eigenvalue weighted by Gasteiger charge is 2.05. The van der Waals surface area contributed by atoms with Crippen molar-refractivity contribution < 1.29 is 0 Å². The second-order valence-corrected chi connectivity index (χ2v) is 5.10. The van der Waals surface area contributed by atoms with Gasteiger partial charge in [-0.1, -0.05) is 13.3 Å². The van der Waals surface area contributed by atoms with E-state index >= 15 is 0 Å². The Morgan fingerprint density at radius 3 is 3.00 bits per heavy atom. The third-order valence-electron chi connectivity index (χ3n) is 2.28. The van der Waals surface area contributed by atoms with Gasteiger partial charge in [-0.05, 0) is 35.9 Å². The van der Waals surface area contributed by atoms with Crippen molar-refractivity contribution >= 4 is 11.8 Å². The molecule has 0 saturated carbocycles. The lowest BCUT2D eigenvalue weighted by molar-refractivity contribution is 0.540. The fourth-order valence-corrected chi connectivity index (χ4v) is 2.31. The van der Waals surface area contributed by atoms with Crippen LogP contribution in [0.15, 0.2) is 0 Å². The first kappa shape index (κ1) is 13.4. The lowest BCUT2D eigenvalue weighted by atomic mass is 10.3. The summed E-state index contributed by atoms with van der Waals surface area (Å²) in [4.78, 5) is 0. The van der Waals surface area contributed by atoms with E-state index in [1.54, 1.807) is 0 Å². The zero-order valence-corrected chi connectivity index (χ0v) is 10.9. The molecule has 1 aromatic heterocycles. The molecule has 6 heteroatoms. The van der Waals surface area contributed by atoms with Crippen LogP contribution >= 0.6 is 11.8 Å². The van der Waals surface area contributed by atoms with E-state index in [4.69, 9.17) is 5.73 Å². The molecule has 1 atom stereocenters. The Balaban J connectivity index is 2.27. The molecule has 92 valence electrons. The summed E-state index contributed by atoms with van der Waals surface area (Å²) in [6.45, 7) is 5.12. The number of nitrogens with zero attached hydrogens (tertiary/aromatic N) is 4. The maximum absolute atomic E-state index is 5.69. The average Bonchev–Trinajstić information content (AvgIpc) is 2.69. The van der Waals surface area contributed by atoms with Gasteiger partial charge in [0.25, 0.3) is 0 Å². The molecular weight excluding hydrogens is 222 g/mol. The van der Waals surface area contributed by atoms with E-state index in [-0.39, 0.29) is 6.04 Å². The number of thioether (sulfide) groups is 1. The van der Waals surface area contributed by atoms with Gasteiger partial charge in [0.05, 0.1) is 5.75 Å². The molecule has 0 aliphatic rings. The molecule has 0 radical (unpaired) electrons. The van der Waals surface area contributed by atoms with Crippen LogP contribution in [-0.2, 0) is 12.3 Å². The minimum Gasteiger partial charge on any atom is -0.328 e. The van der Waals surface area contributed by atoms with Crippen LogP contribution in [-0.4, -0.2) is 32.0 Å². The van der Waals surface area contributed by atoms with E-state index in [1.807, 2.05) is 23.4 Å². The molecular formula is C10H21N5S. The third kappa shape index (κ3) is 4.94. The Morgan fingerprint density at radius 1 is 1.50 bits per heavy atom. The number of tetrazole rings is 1. The predicted molar refractivity (Wildman–Crippen MR) is 67.2 cm³/mol. The van der Waals surface area contributed by atoms with Gasteiger partial charge >= 0.3 is 0 Å². The minimum absolute atomic E-state index is 0.281. The fraction of sp³-hybridized carbons (Fsp3) is 0.900. The van der Waals surface area contributed by atoms with E-state index < -0.39 is 0 Å². The maximum Gasteiger partial charge on any atom is 0.161 e. The number of rotatable bonds is 8. The van der Waals surface area contributed by atoms with Crippen LogP contribution in [0.5, 0.6) is 0 Å². The van der Waals surface area contributed by atoms with Crippen molar-refractivity contribution in [3.8, 4) is 0 Å². The molecule has 16 heavy (non-hydrogen) atoms. The monoisotopic (exact) mass is 243 g/mol. The lowest BCUT2D eigenvalue weighted by Crippen LogP contribution is -2.15. The van der Waals surface area contributed by atoms with Crippen molar-refractivity contribution in [2.24, 2.45) is 5.73 Å². The number of hydrogen-bond acceptors (Lipinski definition) is 5. The van der Waals surface area contributed by atoms with Gasteiger partial charge in [0.15, 0.2) is 5.82 Å². The molecule has 0 aromatic carbocycles. The SMILES string of the molecule is CCCCn1nnnc1CSCCC(C)N. The Labute approximate surface area is 101 Å². The fourth-order valence-electron chi connectivity index (χ4n) is 1.24. The highest BCUT2D eigenvalue weighted by atomic mass is 32.2. The van der Waals surface area contributed by atoms with Gasteiger partial charge in [-0.25, -0.2) is 4.68 Å². The van der Waals surface area contributed by atoms with Crippen LogP contribution in [0.1, 0.15) is 38.9 Å². The molecule has 0 bridgehead atoms. The zero-order valence-electron chi connectivity index (χ0n) is 10.1. The lowest BCUT2D eigenvalue weighted by Gasteiger charge is -2.05. The zero-order chi connectivity index (χ0) is 11.8. The molecule has 1 rings (SSSR count). The van der Waals surface area contributed by atoms with Gasteiger partial charge < -0.3 is 5.73 Å². The molecule has 1 heterocycles. The van der Waals surface area contributed by atoms with Crippen LogP contribution < -0.4 is 5.73 Å². The van der Waals surface area contributed by atoms with Crippen molar-refractivity contribution in [2.75, 3.05) is 5.75 Å². The second-order valence-electron chi connectivity index (χ2n) is 3.99. The summed E-state index contributed by atoms with van der Waals surface area (Å²) in [6.07, 6.45) is 3.33. The van der Waals surface area contributed by atoms with Crippen molar-refractivity contribution in [1.82, 2.24) is 20.2 Å². The van der Waals surface area contributed by atoms with Crippen LogP contribution in [0.2, 0.25) is 0 Å². The van der Waals surface area contributed by atoms with Crippen molar-refractivity contribution in [3.05, 3.63) is 5.82 Å². The van der Waals surface area contributed by atoms with E-state index in [0.29, 0.717) is 0 Å². The summed E-state index contributed by atoms with van der Waals surface area (Å²) in [6, 6.07) is 0.281. The molecule has 0 spiro atoms. The first-order chi connectivity index (χ1) is 7.74.